The zero-order valence-corrected chi connectivity index (χ0v) is 10.4. The SMILES string of the molecule is O=C(NCC1(CO)CC1)c1cc(Cl)nnc1Cl. The van der Waals surface area contributed by atoms with E-state index in [9.17, 15) is 4.79 Å². The maximum atomic E-state index is 11.8. The van der Waals surface area contributed by atoms with E-state index >= 15 is 0 Å². The van der Waals surface area contributed by atoms with E-state index in [4.69, 9.17) is 28.3 Å². The summed E-state index contributed by atoms with van der Waals surface area (Å²) in [7, 11) is 0. The Morgan fingerprint density at radius 2 is 2.18 bits per heavy atom. The predicted octanol–water partition coefficient (Wildman–Crippen LogP) is 1.29. The van der Waals surface area contributed by atoms with E-state index in [-0.39, 0.29) is 33.8 Å². The summed E-state index contributed by atoms with van der Waals surface area (Å²) < 4.78 is 0. The fraction of sp³-hybridized carbons (Fsp3) is 0.500. The highest BCUT2D eigenvalue weighted by molar-refractivity contribution is 6.34. The summed E-state index contributed by atoms with van der Waals surface area (Å²) in [5.74, 6) is -0.355. The van der Waals surface area contributed by atoms with Gasteiger partial charge in [0, 0.05) is 12.0 Å². The number of carbonyl (C=O) groups excluding carboxylic acids is 1. The smallest absolute Gasteiger partial charge is 0.254 e. The van der Waals surface area contributed by atoms with Crippen LogP contribution in [-0.4, -0.2) is 34.4 Å². The number of halogens is 2. The van der Waals surface area contributed by atoms with Gasteiger partial charge in [-0.25, -0.2) is 0 Å². The molecule has 7 heteroatoms. The average Bonchev–Trinajstić information content (AvgIpc) is 3.10. The Morgan fingerprint density at radius 3 is 2.76 bits per heavy atom. The molecule has 1 aromatic rings. The first-order chi connectivity index (χ1) is 8.06. The maximum Gasteiger partial charge on any atom is 0.254 e. The largest absolute Gasteiger partial charge is 0.396 e. The molecule has 1 aliphatic rings. The van der Waals surface area contributed by atoms with Crippen LogP contribution in [0, 0.1) is 5.41 Å². The van der Waals surface area contributed by atoms with Crippen LogP contribution in [0.4, 0.5) is 0 Å². The topological polar surface area (TPSA) is 75.1 Å². The van der Waals surface area contributed by atoms with Crippen LogP contribution in [0.25, 0.3) is 0 Å². The Kier molecular flexibility index (Phi) is 3.51. The van der Waals surface area contributed by atoms with Gasteiger partial charge in [-0.05, 0) is 18.9 Å². The molecular weight excluding hydrogens is 265 g/mol. The Bertz CT molecular complexity index is 449. The van der Waals surface area contributed by atoms with E-state index in [1.807, 2.05) is 0 Å². The van der Waals surface area contributed by atoms with Crippen molar-refractivity contribution in [1.82, 2.24) is 15.5 Å². The van der Waals surface area contributed by atoms with Crippen molar-refractivity contribution in [2.75, 3.05) is 13.2 Å². The Labute approximate surface area is 108 Å². The molecule has 0 radical (unpaired) electrons. The third-order valence-electron chi connectivity index (χ3n) is 2.88. The summed E-state index contributed by atoms with van der Waals surface area (Å²) in [6, 6.07) is 1.37. The fourth-order valence-electron chi connectivity index (χ4n) is 1.44. The molecule has 1 aliphatic carbocycles. The molecule has 0 aliphatic heterocycles. The Morgan fingerprint density at radius 1 is 1.47 bits per heavy atom. The predicted molar refractivity (Wildman–Crippen MR) is 63.1 cm³/mol. The zero-order valence-electron chi connectivity index (χ0n) is 8.91. The van der Waals surface area contributed by atoms with Crippen LogP contribution in [0.5, 0.6) is 0 Å². The molecule has 1 amide bonds. The van der Waals surface area contributed by atoms with Crippen molar-refractivity contribution in [2.24, 2.45) is 5.41 Å². The normalized spacial score (nSPS) is 16.6. The third-order valence-corrected chi connectivity index (χ3v) is 3.34. The molecule has 2 rings (SSSR count). The number of amides is 1. The molecule has 0 bridgehead atoms. The second-order valence-electron chi connectivity index (χ2n) is 4.21. The maximum absolute atomic E-state index is 11.8. The van der Waals surface area contributed by atoms with E-state index in [1.165, 1.54) is 6.07 Å². The number of carbonyl (C=O) groups is 1. The number of nitrogens with zero attached hydrogens (tertiary/aromatic N) is 2. The average molecular weight is 276 g/mol. The number of aromatic nitrogens is 2. The third kappa shape index (κ3) is 2.86. The van der Waals surface area contributed by atoms with Gasteiger partial charge in [0.1, 0.15) is 0 Å². The van der Waals surface area contributed by atoms with E-state index in [0.29, 0.717) is 6.54 Å². The summed E-state index contributed by atoms with van der Waals surface area (Å²) in [4.78, 5) is 11.8. The fourth-order valence-corrected chi connectivity index (χ4v) is 1.77. The molecule has 0 atom stereocenters. The standard InChI is InChI=1S/C10H11Cl2N3O2/c11-7-3-6(8(12)15-14-7)9(17)13-4-10(5-16)1-2-10/h3,16H,1-2,4-5H2,(H,13,17). The van der Waals surface area contributed by atoms with Crippen molar-refractivity contribution in [1.29, 1.82) is 0 Å². The van der Waals surface area contributed by atoms with Crippen molar-refractivity contribution < 1.29 is 9.90 Å². The van der Waals surface area contributed by atoms with Gasteiger partial charge in [0.2, 0.25) is 0 Å². The summed E-state index contributed by atoms with van der Waals surface area (Å²) in [5, 5.41) is 19.0. The number of aliphatic hydroxyl groups excluding tert-OH is 1. The molecule has 0 saturated heterocycles. The monoisotopic (exact) mass is 275 g/mol. The summed E-state index contributed by atoms with van der Waals surface area (Å²) in [5.41, 5.74) is 0.0484. The molecule has 1 saturated carbocycles. The Balaban J connectivity index is 2.02. The summed E-state index contributed by atoms with van der Waals surface area (Å²) >= 11 is 11.4. The molecule has 0 aromatic carbocycles. The molecule has 2 N–H and O–H groups in total. The van der Waals surface area contributed by atoms with E-state index in [0.717, 1.165) is 12.8 Å². The summed E-state index contributed by atoms with van der Waals surface area (Å²) in [6.07, 6.45) is 1.85. The van der Waals surface area contributed by atoms with Gasteiger partial charge < -0.3 is 10.4 Å². The van der Waals surface area contributed by atoms with Gasteiger partial charge in [0.25, 0.3) is 5.91 Å². The van der Waals surface area contributed by atoms with Gasteiger partial charge >= 0.3 is 0 Å². The van der Waals surface area contributed by atoms with Gasteiger partial charge in [-0.3, -0.25) is 4.79 Å². The first kappa shape index (κ1) is 12.5. The number of nitrogens with one attached hydrogen (secondary N) is 1. The highest BCUT2D eigenvalue weighted by atomic mass is 35.5. The van der Waals surface area contributed by atoms with E-state index in [2.05, 4.69) is 15.5 Å². The minimum absolute atomic E-state index is 0.0146. The van der Waals surface area contributed by atoms with Crippen LogP contribution in [0.1, 0.15) is 23.2 Å². The second-order valence-corrected chi connectivity index (χ2v) is 4.96. The molecule has 1 aromatic heterocycles. The molecular formula is C10H11Cl2N3O2. The lowest BCUT2D eigenvalue weighted by Crippen LogP contribution is -2.32. The van der Waals surface area contributed by atoms with Crippen LogP contribution < -0.4 is 5.32 Å². The second kappa shape index (κ2) is 4.76. The van der Waals surface area contributed by atoms with Crippen LogP contribution in [-0.2, 0) is 0 Å². The van der Waals surface area contributed by atoms with Crippen molar-refractivity contribution in [3.63, 3.8) is 0 Å². The van der Waals surface area contributed by atoms with Gasteiger partial charge in [0.05, 0.1) is 12.2 Å². The van der Waals surface area contributed by atoms with Gasteiger partial charge in [-0.2, -0.15) is 0 Å². The minimum atomic E-state index is -0.355. The lowest BCUT2D eigenvalue weighted by atomic mass is 10.1. The lowest BCUT2D eigenvalue weighted by Gasteiger charge is -2.12. The number of hydrogen-bond donors (Lipinski definition) is 2. The summed E-state index contributed by atoms with van der Waals surface area (Å²) in [6.45, 7) is 0.509. The first-order valence-corrected chi connectivity index (χ1v) is 5.90. The van der Waals surface area contributed by atoms with Crippen LogP contribution in [0.2, 0.25) is 10.3 Å². The molecule has 5 nitrogen and oxygen atoms in total. The molecule has 17 heavy (non-hydrogen) atoms. The van der Waals surface area contributed by atoms with Crippen molar-refractivity contribution >= 4 is 29.1 Å². The van der Waals surface area contributed by atoms with Gasteiger partial charge in [-0.15, -0.1) is 10.2 Å². The van der Waals surface area contributed by atoms with Crippen LogP contribution in [0.15, 0.2) is 6.07 Å². The van der Waals surface area contributed by atoms with Crippen LogP contribution in [0.3, 0.4) is 0 Å². The van der Waals surface area contributed by atoms with Crippen molar-refractivity contribution in [2.45, 2.75) is 12.8 Å². The number of rotatable bonds is 4. The molecule has 0 spiro atoms. The van der Waals surface area contributed by atoms with E-state index in [1.54, 1.807) is 0 Å². The molecule has 1 fully saturated rings. The molecule has 92 valence electrons. The Hall–Kier alpha value is -0.910. The molecule has 1 heterocycles. The minimum Gasteiger partial charge on any atom is -0.396 e. The van der Waals surface area contributed by atoms with Crippen molar-refractivity contribution in [3.05, 3.63) is 21.9 Å². The van der Waals surface area contributed by atoms with E-state index < -0.39 is 0 Å². The highest BCUT2D eigenvalue weighted by Gasteiger charge is 2.42. The quantitative estimate of drug-likeness (QED) is 0.868. The lowest BCUT2D eigenvalue weighted by molar-refractivity contribution is 0.0935. The van der Waals surface area contributed by atoms with Gasteiger partial charge in [-0.1, -0.05) is 23.2 Å². The van der Waals surface area contributed by atoms with Gasteiger partial charge in [0.15, 0.2) is 10.3 Å². The first-order valence-electron chi connectivity index (χ1n) is 5.14. The highest BCUT2D eigenvalue weighted by Crippen LogP contribution is 2.44. The number of hydrogen-bond acceptors (Lipinski definition) is 4. The zero-order chi connectivity index (χ0) is 12.5. The van der Waals surface area contributed by atoms with Crippen molar-refractivity contribution in [3.8, 4) is 0 Å². The van der Waals surface area contributed by atoms with Crippen LogP contribution >= 0.6 is 23.2 Å². The molecule has 0 unspecified atom stereocenters. The number of aliphatic hydroxyl groups is 1.